The maximum atomic E-state index is 11.2. The van der Waals surface area contributed by atoms with Gasteiger partial charge in [-0.05, 0) is 23.7 Å². The van der Waals surface area contributed by atoms with Gasteiger partial charge in [-0.3, -0.25) is 4.79 Å². The third-order valence-corrected chi connectivity index (χ3v) is 6.11. The summed E-state index contributed by atoms with van der Waals surface area (Å²) in [5.74, 6) is 1.07. The lowest BCUT2D eigenvalue weighted by Gasteiger charge is -2.20. The highest BCUT2D eigenvalue weighted by Gasteiger charge is 2.18. The van der Waals surface area contributed by atoms with Crippen LogP contribution in [0.4, 0.5) is 0 Å². The summed E-state index contributed by atoms with van der Waals surface area (Å²) in [6.45, 7) is 4.52. The van der Waals surface area contributed by atoms with Gasteiger partial charge >= 0.3 is 5.97 Å². The first-order valence-electron chi connectivity index (χ1n) is 9.55. The summed E-state index contributed by atoms with van der Waals surface area (Å²) < 4.78 is 0. The van der Waals surface area contributed by atoms with E-state index in [9.17, 15) is 9.90 Å². The molecule has 24 heavy (non-hydrogen) atoms. The Bertz CT molecular complexity index is 433. The monoisotopic (exact) mass is 350 g/mol. The first-order chi connectivity index (χ1) is 11.7. The normalized spacial score (nSPS) is 13.6. The highest BCUT2D eigenvalue weighted by molar-refractivity contribution is 7.99. The third kappa shape index (κ3) is 9.36. The van der Waals surface area contributed by atoms with Gasteiger partial charge in [0.1, 0.15) is 0 Å². The Hall–Kier alpha value is -0.960. The topological polar surface area (TPSA) is 37.3 Å². The highest BCUT2D eigenvalue weighted by atomic mass is 32.2. The standard InChI is InChI=1S/C21H34O2S/c1-3-5-6-7-8-10-13-18(4-2)17-24-20(16-21(22)23)19-14-11-9-12-15-19/h9,11-12,14-15,18,20H,3-8,10,13,16-17H2,1-2H3,(H,22,23). The number of carboxylic acids is 1. The van der Waals surface area contributed by atoms with Crippen LogP contribution in [-0.2, 0) is 4.79 Å². The fourth-order valence-electron chi connectivity index (χ4n) is 2.97. The number of carboxylic acid groups (broad SMARTS) is 1. The molecular formula is C21H34O2S. The van der Waals surface area contributed by atoms with Crippen molar-refractivity contribution in [2.75, 3.05) is 5.75 Å². The summed E-state index contributed by atoms with van der Waals surface area (Å²) in [4.78, 5) is 11.2. The number of hydrogen-bond donors (Lipinski definition) is 1. The third-order valence-electron chi connectivity index (χ3n) is 4.61. The van der Waals surface area contributed by atoms with Gasteiger partial charge in [0.05, 0.1) is 6.42 Å². The molecule has 2 atom stereocenters. The fraction of sp³-hybridized carbons (Fsp3) is 0.667. The molecule has 136 valence electrons. The van der Waals surface area contributed by atoms with E-state index >= 15 is 0 Å². The molecular weight excluding hydrogens is 316 g/mol. The van der Waals surface area contributed by atoms with E-state index in [1.807, 2.05) is 30.0 Å². The molecule has 0 radical (unpaired) electrons. The van der Waals surface area contributed by atoms with Crippen molar-refractivity contribution < 1.29 is 9.90 Å². The molecule has 0 fully saturated rings. The van der Waals surface area contributed by atoms with Crippen molar-refractivity contribution in [2.24, 2.45) is 5.92 Å². The first-order valence-corrected chi connectivity index (χ1v) is 10.6. The molecule has 3 heteroatoms. The number of aliphatic carboxylic acids is 1. The minimum atomic E-state index is -0.708. The molecule has 0 aliphatic heterocycles. The summed E-state index contributed by atoms with van der Waals surface area (Å²) in [5, 5.41) is 9.27. The smallest absolute Gasteiger partial charge is 0.304 e. The second-order valence-electron chi connectivity index (χ2n) is 6.66. The summed E-state index contributed by atoms with van der Waals surface area (Å²) in [6.07, 6.45) is 10.7. The second kappa shape index (κ2) is 13.3. The Balaban J connectivity index is 2.38. The van der Waals surface area contributed by atoms with Gasteiger partial charge < -0.3 is 5.11 Å². The van der Waals surface area contributed by atoms with Crippen molar-refractivity contribution >= 4 is 17.7 Å². The van der Waals surface area contributed by atoms with E-state index in [1.54, 1.807) is 0 Å². The fourth-order valence-corrected chi connectivity index (χ4v) is 4.49. The number of unbranched alkanes of at least 4 members (excludes halogenated alkanes) is 5. The van der Waals surface area contributed by atoms with Crippen molar-refractivity contribution in [1.82, 2.24) is 0 Å². The minimum Gasteiger partial charge on any atom is -0.481 e. The molecule has 2 nitrogen and oxygen atoms in total. The summed E-state index contributed by atoms with van der Waals surface area (Å²) in [5.41, 5.74) is 1.14. The van der Waals surface area contributed by atoms with Crippen molar-refractivity contribution in [3.8, 4) is 0 Å². The first kappa shape index (κ1) is 21.1. The van der Waals surface area contributed by atoms with Gasteiger partial charge in [-0.15, -0.1) is 0 Å². The molecule has 1 N–H and O–H groups in total. The van der Waals surface area contributed by atoms with Crippen LogP contribution in [0.2, 0.25) is 0 Å². The highest BCUT2D eigenvalue weighted by Crippen LogP contribution is 2.34. The number of benzene rings is 1. The minimum absolute atomic E-state index is 0.0716. The van der Waals surface area contributed by atoms with Crippen LogP contribution in [0.15, 0.2) is 30.3 Å². The van der Waals surface area contributed by atoms with Crippen LogP contribution < -0.4 is 0 Å². The van der Waals surface area contributed by atoms with Gasteiger partial charge in [-0.25, -0.2) is 0 Å². The maximum Gasteiger partial charge on any atom is 0.304 e. The Morgan fingerprint density at radius 1 is 1.04 bits per heavy atom. The summed E-state index contributed by atoms with van der Waals surface area (Å²) >= 11 is 1.83. The van der Waals surface area contributed by atoms with E-state index in [2.05, 4.69) is 26.0 Å². The number of carbonyl (C=O) groups is 1. The molecule has 2 unspecified atom stereocenters. The number of rotatable bonds is 14. The Labute approximate surface area is 152 Å². The molecule has 1 aromatic rings. The molecule has 0 aliphatic carbocycles. The summed E-state index contributed by atoms with van der Waals surface area (Å²) in [7, 11) is 0. The van der Waals surface area contributed by atoms with E-state index in [1.165, 1.54) is 51.4 Å². The molecule has 0 saturated carbocycles. The predicted molar refractivity (Wildman–Crippen MR) is 106 cm³/mol. The molecule has 0 heterocycles. The van der Waals surface area contributed by atoms with E-state index < -0.39 is 5.97 Å². The zero-order valence-corrected chi connectivity index (χ0v) is 16.2. The van der Waals surface area contributed by atoms with Crippen LogP contribution in [0.25, 0.3) is 0 Å². The van der Waals surface area contributed by atoms with Gasteiger partial charge in [0.15, 0.2) is 0 Å². The molecule has 0 spiro atoms. The van der Waals surface area contributed by atoms with Crippen LogP contribution in [0, 0.1) is 5.92 Å². The quantitative estimate of drug-likeness (QED) is 0.379. The van der Waals surface area contributed by atoms with E-state index in [0.717, 1.165) is 11.3 Å². The van der Waals surface area contributed by atoms with Crippen LogP contribution in [0.3, 0.4) is 0 Å². The van der Waals surface area contributed by atoms with E-state index in [-0.39, 0.29) is 11.7 Å². The summed E-state index contributed by atoms with van der Waals surface area (Å²) in [6, 6.07) is 10.1. The van der Waals surface area contributed by atoms with Gasteiger partial charge in [0, 0.05) is 5.25 Å². The van der Waals surface area contributed by atoms with Gasteiger partial charge in [-0.2, -0.15) is 11.8 Å². The van der Waals surface area contributed by atoms with Crippen molar-refractivity contribution in [1.29, 1.82) is 0 Å². The van der Waals surface area contributed by atoms with Crippen molar-refractivity contribution in [2.45, 2.75) is 76.9 Å². The molecule has 1 rings (SSSR count). The van der Waals surface area contributed by atoms with Crippen LogP contribution in [0.5, 0.6) is 0 Å². The Kier molecular flexibility index (Phi) is 11.7. The molecule has 0 aromatic heterocycles. The van der Waals surface area contributed by atoms with Crippen LogP contribution in [-0.4, -0.2) is 16.8 Å². The lowest BCUT2D eigenvalue weighted by molar-refractivity contribution is -0.137. The van der Waals surface area contributed by atoms with E-state index in [0.29, 0.717) is 5.92 Å². The van der Waals surface area contributed by atoms with Crippen molar-refractivity contribution in [3.63, 3.8) is 0 Å². The van der Waals surface area contributed by atoms with Crippen molar-refractivity contribution in [3.05, 3.63) is 35.9 Å². The predicted octanol–water partition coefficient (Wildman–Crippen LogP) is 6.71. The zero-order chi connectivity index (χ0) is 17.6. The van der Waals surface area contributed by atoms with E-state index in [4.69, 9.17) is 0 Å². The van der Waals surface area contributed by atoms with Gasteiger partial charge in [0.2, 0.25) is 0 Å². The Morgan fingerprint density at radius 2 is 1.71 bits per heavy atom. The molecule has 0 bridgehead atoms. The average Bonchev–Trinajstić information content (AvgIpc) is 2.59. The van der Waals surface area contributed by atoms with Gasteiger partial charge in [0.25, 0.3) is 0 Å². The largest absolute Gasteiger partial charge is 0.481 e. The maximum absolute atomic E-state index is 11.2. The number of hydrogen-bond acceptors (Lipinski definition) is 2. The Morgan fingerprint density at radius 3 is 2.33 bits per heavy atom. The van der Waals surface area contributed by atoms with Gasteiger partial charge in [-0.1, -0.05) is 89.1 Å². The lowest BCUT2D eigenvalue weighted by Crippen LogP contribution is -2.08. The average molecular weight is 351 g/mol. The van der Waals surface area contributed by atoms with Crippen LogP contribution in [0.1, 0.15) is 82.4 Å². The molecule has 0 saturated heterocycles. The SMILES string of the molecule is CCCCCCCCC(CC)CSC(CC(=O)O)c1ccccc1. The lowest BCUT2D eigenvalue weighted by atomic mass is 10.00. The molecule has 0 aliphatic rings. The molecule has 0 amide bonds. The second-order valence-corrected chi connectivity index (χ2v) is 7.90. The molecule has 1 aromatic carbocycles. The number of thioether (sulfide) groups is 1. The zero-order valence-electron chi connectivity index (χ0n) is 15.4. The van der Waals surface area contributed by atoms with Crippen LogP contribution >= 0.6 is 11.8 Å².